The van der Waals surface area contributed by atoms with E-state index in [1.807, 2.05) is 24.3 Å². The summed E-state index contributed by atoms with van der Waals surface area (Å²) in [4.78, 5) is 11.9. The van der Waals surface area contributed by atoms with Crippen LogP contribution in [0.2, 0.25) is 0 Å². The van der Waals surface area contributed by atoms with E-state index < -0.39 is 0 Å². The quantitative estimate of drug-likeness (QED) is 0.744. The highest BCUT2D eigenvalue weighted by Gasteiger charge is 2.22. The monoisotopic (exact) mass is 315 g/mol. The van der Waals surface area contributed by atoms with Gasteiger partial charge in [-0.3, -0.25) is 10.0 Å². The lowest BCUT2D eigenvalue weighted by atomic mass is 10.00. The Hall–Kier alpha value is -1.91. The number of carbonyl (C=O) groups is 1. The summed E-state index contributed by atoms with van der Waals surface area (Å²) < 4.78 is 0.801. The van der Waals surface area contributed by atoms with Crippen molar-refractivity contribution in [2.45, 2.75) is 0 Å². The number of rotatable bonds is 0. The Morgan fingerprint density at radius 1 is 1.05 bits per heavy atom. The number of hydrogen-bond donors (Lipinski definition) is 1. The first kappa shape index (κ1) is 12.1. The fourth-order valence-corrected chi connectivity index (χ4v) is 2.46. The topological polar surface area (TPSA) is 40.5 Å². The molecule has 2 aliphatic rings. The molecule has 94 valence electrons. The predicted octanol–water partition coefficient (Wildman–Crippen LogP) is 3.58. The molecule has 1 aromatic rings. The molecule has 1 aromatic carbocycles. The van der Waals surface area contributed by atoms with Crippen molar-refractivity contribution in [3.63, 3.8) is 0 Å². The fourth-order valence-electron chi connectivity index (χ4n) is 2.10. The minimum atomic E-state index is -0.124. The van der Waals surface area contributed by atoms with E-state index in [0.717, 1.165) is 15.1 Å². The first-order chi connectivity index (χ1) is 9.16. The summed E-state index contributed by atoms with van der Waals surface area (Å²) in [7, 11) is 0. The number of hydrogen-bond acceptors (Lipinski definition) is 3. The van der Waals surface area contributed by atoms with Crippen LogP contribution < -0.4 is 5.06 Å². The van der Waals surface area contributed by atoms with Gasteiger partial charge in [-0.2, -0.15) is 0 Å². The molecule has 0 amide bonds. The molecule has 0 saturated carbocycles. The number of para-hydroxylation sites is 1. The van der Waals surface area contributed by atoms with Crippen LogP contribution in [0.1, 0.15) is 5.56 Å². The van der Waals surface area contributed by atoms with Crippen molar-refractivity contribution in [2.24, 2.45) is 0 Å². The standard InChI is InChI=1S/C15H10BrNO2/c16-11-6-8-15(18)12(9-11)14-7-5-10-3-1-2-4-13(10)17(14)19/h1-9,19H/b14-12+. The van der Waals surface area contributed by atoms with Crippen molar-refractivity contribution in [3.05, 3.63) is 69.9 Å². The lowest BCUT2D eigenvalue weighted by Gasteiger charge is -2.25. The lowest BCUT2D eigenvalue weighted by Crippen LogP contribution is -2.23. The molecule has 0 atom stereocenters. The summed E-state index contributed by atoms with van der Waals surface area (Å²) in [5.41, 5.74) is 2.52. The van der Waals surface area contributed by atoms with E-state index in [1.54, 1.807) is 24.3 Å². The van der Waals surface area contributed by atoms with E-state index in [4.69, 9.17) is 0 Å². The highest BCUT2D eigenvalue weighted by Crippen LogP contribution is 2.32. The van der Waals surface area contributed by atoms with Gasteiger partial charge in [-0.25, -0.2) is 5.06 Å². The Bertz CT molecular complexity index is 683. The molecule has 3 nitrogen and oxygen atoms in total. The molecule has 1 aliphatic heterocycles. The van der Waals surface area contributed by atoms with Crippen LogP contribution in [-0.2, 0) is 4.79 Å². The molecule has 0 saturated heterocycles. The Kier molecular flexibility index (Phi) is 2.97. The maximum absolute atomic E-state index is 11.9. The molecular formula is C15H10BrNO2. The molecule has 0 radical (unpaired) electrons. The second-order valence-corrected chi connectivity index (χ2v) is 5.15. The van der Waals surface area contributed by atoms with E-state index in [2.05, 4.69) is 15.9 Å². The van der Waals surface area contributed by atoms with Gasteiger partial charge in [0.2, 0.25) is 0 Å². The average Bonchev–Trinajstić information content (AvgIpc) is 2.43. The second kappa shape index (κ2) is 4.64. The van der Waals surface area contributed by atoms with E-state index in [-0.39, 0.29) is 5.78 Å². The molecule has 1 heterocycles. The highest BCUT2D eigenvalue weighted by molar-refractivity contribution is 9.11. The van der Waals surface area contributed by atoms with Gasteiger partial charge in [-0.1, -0.05) is 40.2 Å². The molecule has 19 heavy (non-hydrogen) atoms. The van der Waals surface area contributed by atoms with Crippen LogP contribution in [0.15, 0.2) is 64.3 Å². The third-order valence-corrected chi connectivity index (χ3v) is 3.52. The molecular weight excluding hydrogens is 306 g/mol. The third kappa shape index (κ3) is 2.09. The molecule has 3 rings (SSSR count). The van der Waals surface area contributed by atoms with E-state index in [1.165, 1.54) is 6.08 Å². The molecule has 1 N–H and O–H groups in total. The molecule has 0 bridgehead atoms. The van der Waals surface area contributed by atoms with Crippen LogP contribution in [0.4, 0.5) is 5.69 Å². The summed E-state index contributed by atoms with van der Waals surface area (Å²) in [5, 5.41) is 11.3. The Balaban J connectivity index is 2.15. The zero-order valence-corrected chi connectivity index (χ0v) is 11.5. The number of carbonyl (C=O) groups excluding carboxylic acids is 1. The van der Waals surface area contributed by atoms with Crippen LogP contribution in [-0.4, -0.2) is 11.0 Å². The van der Waals surface area contributed by atoms with Gasteiger partial charge >= 0.3 is 0 Å². The number of halogens is 1. The minimum Gasteiger partial charge on any atom is -0.289 e. The summed E-state index contributed by atoms with van der Waals surface area (Å²) >= 11 is 3.34. The molecule has 0 aromatic heterocycles. The van der Waals surface area contributed by atoms with Crippen molar-refractivity contribution >= 4 is 33.5 Å². The molecule has 1 aliphatic carbocycles. The molecule has 0 fully saturated rings. The lowest BCUT2D eigenvalue weighted by molar-refractivity contribution is -0.111. The van der Waals surface area contributed by atoms with Gasteiger partial charge in [0.15, 0.2) is 5.78 Å². The van der Waals surface area contributed by atoms with Crippen molar-refractivity contribution < 1.29 is 10.0 Å². The maximum Gasteiger partial charge on any atom is 0.188 e. The number of allylic oxidation sites excluding steroid dienone is 6. The van der Waals surface area contributed by atoms with Gasteiger partial charge in [0.25, 0.3) is 0 Å². The number of hydroxylamine groups is 1. The number of fused-ring (bicyclic) bond motifs is 1. The Morgan fingerprint density at radius 2 is 1.84 bits per heavy atom. The highest BCUT2D eigenvalue weighted by atomic mass is 79.9. The van der Waals surface area contributed by atoms with Gasteiger partial charge in [0, 0.05) is 15.6 Å². The number of benzene rings is 1. The van der Waals surface area contributed by atoms with Gasteiger partial charge in [0.1, 0.15) is 0 Å². The van der Waals surface area contributed by atoms with Gasteiger partial charge < -0.3 is 0 Å². The molecule has 0 spiro atoms. The van der Waals surface area contributed by atoms with Crippen LogP contribution in [0.3, 0.4) is 0 Å². The number of ketones is 1. The normalized spacial score (nSPS) is 21.5. The van der Waals surface area contributed by atoms with Crippen LogP contribution in [0.25, 0.3) is 6.08 Å². The SMILES string of the molecule is O=C1C=CC(Br)=C/C1=C1/C=Cc2ccccc2N1O. The van der Waals surface area contributed by atoms with E-state index >= 15 is 0 Å². The smallest absolute Gasteiger partial charge is 0.188 e. The average molecular weight is 316 g/mol. The number of anilines is 1. The summed E-state index contributed by atoms with van der Waals surface area (Å²) in [6, 6.07) is 7.46. The summed E-state index contributed by atoms with van der Waals surface area (Å²) in [6.45, 7) is 0. The minimum absolute atomic E-state index is 0.124. The van der Waals surface area contributed by atoms with E-state index in [0.29, 0.717) is 17.0 Å². The maximum atomic E-state index is 11.9. The van der Waals surface area contributed by atoms with Crippen molar-refractivity contribution in [1.29, 1.82) is 0 Å². The fraction of sp³-hybridized carbons (Fsp3) is 0. The summed E-state index contributed by atoms with van der Waals surface area (Å²) in [5.74, 6) is -0.124. The first-order valence-electron chi connectivity index (χ1n) is 5.77. The van der Waals surface area contributed by atoms with Crippen LogP contribution in [0.5, 0.6) is 0 Å². The molecule has 0 unspecified atom stereocenters. The second-order valence-electron chi connectivity index (χ2n) is 4.23. The van der Waals surface area contributed by atoms with Crippen molar-refractivity contribution in [2.75, 3.05) is 5.06 Å². The third-order valence-electron chi connectivity index (χ3n) is 3.03. The van der Waals surface area contributed by atoms with Gasteiger partial charge in [0.05, 0.1) is 11.4 Å². The van der Waals surface area contributed by atoms with Gasteiger partial charge in [-0.05, 0) is 30.4 Å². The van der Waals surface area contributed by atoms with Crippen molar-refractivity contribution in [3.8, 4) is 0 Å². The number of nitrogens with zero attached hydrogens (tertiary/aromatic N) is 1. The van der Waals surface area contributed by atoms with E-state index in [9.17, 15) is 10.0 Å². The van der Waals surface area contributed by atoms with Gasteiger partial charge in [-0.15, -0.1) is 0 Å². The first-order valence-corrected chi connectivity index (χ1v) is 6.56. The predicted molar refractivity (Wildman–Crippen MR) is 77.9 cm³/mol. The Morgan fingerprint density at radius 3 is 2.68 bits per heavy atom. The van der Waals surface area contributed by atoms with Crippen LogP contribution >= 0.6 is 15.9 Å². The zero-order valence-electron chi connectivity index (χ0n) is 9.88. The largest absolute Gasteiger partial charge is 0.289 e. The van der Waals surface area contributed by atoms with Crippen LogP contribution in [0, 0.1) is 0 Å². The Labute approximate surface area is 118 Å². The molecule has 4 heteroatoms. The van der Waals surface area contributed by atoms with Crippen molar-refractivity contribution in [1.82, 2.24) is 0 Å². The summed E-state index contributed by atoms with van der Waals surface area (Å²) in [6.07, 6.45) is 8.51. The zero-order chi connectivity index (χ0) is 13.4.